The molecule has 0 aliphatic heterocycles. The van der Waals surface area contributed by atoms with Crippen LogP contribution in [0.3, 0.4) is 0 Å². The number of likely N-dealkylation sites (N-methyl/N-ethyl adjacent to an activating group) is 2. The third-order valence-electron chi connectivity index (χ3n) is 6.64. The van der Waals surface area contributed by atoms with Crippen LogP contribution in [0.15, 0.2) is 48.5 Å². The Bertz CT molecular complexity index is 1070. The molecule has 0 aromatic heterocycles. The number of nitrogens with two attached hydrogens (primary N) is 1. The van der Waals surface area contributed by atoms with Crippen molar-refractivity contribution in [2.24, 2.45) is 5.73 Å². The van der Waals surface area contributed by atoms with Gasteiger partial charge in [0.2, 0.25) is 6.29 Å². The highest BCUT2D eigenvalue weighted by atomic mass is 19.4. The third kappa shape index (κ3) is 24.5. The number of alkyl halides is 3. The Kier molecular flexibility index (Phi) is 23.0. The molecular weight excluding hydrogens is 613 g/mol. The zero-order chi connectivity index (χ0) is 35.7. The average molecular weight is 671 g/mol. The first-order chi connectivity index (χ1) is 22.2. The molecule has 0 radical (unpaired) electrons. The van der Waals surface area contributed by atoms with Gasteiger partial charge in [-0.15, -0.1) is 0 Å². The molecule has 0 aliphatic rings. The van der Waals surface area contributed by atoms with E-state index in [1.165, 1.54) is 5.56 Å². The van der Waals surface area contributed by atoms with Crippen molar-refractivity contribution in [3.05, 3.63) is 59.7 Å². The number of benzene rings is 2. The topological polar surface area (TPSA) is 106 Å². The van der Waals surface area contributed by atoms with Crippen LogP contribution in [0, 0.1) is 0 Å². The van der Waals surface area contributed by atoms with Gasteiger partial charge >= 0.3 is 12.3 Å². The van der Waals surface area contributed by atoms with Crippen molar-refractivity contribution in [1.82, 2.24) is 15.1 Å². The minimum absolute atomic E-state index is 0.376. The van der Waals surface area contributed by atoms with E-state index in [9.17, 15) is 18.0 Å². The molecule has 3 N–H and O–H groups in total. The molecule has 0 bridgehead atoms. The maximum Gasteiger partial charge on any atom is 0.446 e. The van der Waals surface area contributed by atoms with Crippen LogP contribution in [0.5, 0.6) is 11.5 Å². The van der Waals surface area contributed by atoms with Crippen LogP contribution in [0.1, 0.15) is 59.6 Å². The lowest BCUT2D eigenvalue weighted by atomic mass is 10.1. The molecule has 0 saturated heterocycles. The number of hydrogen-bond acceptors (Lipinski definition) is 8. The maximum atomic E-state index is 11.6. The number of alkyl carbamates (subject to hydrolysis) is 1. The normalized spacial score (nSPS) is 11.2. The number of carbonyl (C=O) groups excluding carboxylic acids is 2. The molecule has 0 spiro atoms. The molecule has 0 unspecified atom stereocenters. The van der Waals surface area contributed by atoms with Gasteiger partial charge in [0, 0.05) is 19.6 Å². The Morgan fingerprint density at radius 1 is 0.766 bits per heavy atom. The van der Waals surface area contributed by atoms with Gasteiger partial charge in [-0.05, 0) is 102 Å². The molecule has 9 nitrogen and oxygen atoms in total. The van der Waals surface area contributed by atoms with Crippen molar-refractivity contribution >= 4 is 12.4 Å². The van der Waals surface area contributed by atoms with E-state index in [0.717, 1.165) is 75.8 Å². The Labute approximate surface area is 279 Å². The lowest BCUT2D eigenvalue weighted by Gasteiger charge is -2.19. The molecule has 268 valence electrons. The van der Waals surface area contributed by atoms with Crippen molar-refractivity contribution < 1.29 is 37.0 Å². The lowest BCUT2D eigenvalue weighted by molar-refractivity contribution is -0.156. The van der Waals surface area contributed by atoms with Crippen molar-refractivity contribution in [3.63, 3.8) is 0 Å². The summed E-state index contributed by atoms with van der Waals surface area (Å²) in [6, 6.07) is 16.2. The summed E-state index contributed by atoms with van der Waals surface area (Å²) in [4.78, 5) is 24.9. The van der Waals surface area contributed by atoms with Crippen molar-refractivity contribution in [2.45, 2.75) is 73.1 Å². The molecule has 47 heavy (non-hydrogen) atoms. The molecule has 1 amide bonds. The van der Waals surface area contributed by atoms with Gasteiger partial charge in [-0.2, -0.15) is 13.2 Å². The van der Waals surface area contributed by atoms with Crippen LogP contribution in [0.25, 0.3) is 0 Å². The first-order valence-corrected chi connectivity index (χ1v) is 16.3. The molecule has 0 atom stereocenters. The summed E-state index contributed by atoms with van der Waals surface area (Å²) in [5.41, 5.74) is 7.46. The highest BCUT2D eigenvalue weighted by Gasteiger charge is 2.25. The van der Waals surface area contributed by atoms with Crippen LogP contribution in [0.2, 0.25) is 0 Å². The number of rotatable bonds is 17. The lowest BCUT2D eigenvalue weighted by Crippen LogP contribution is -2.33. The Hall–Kier alpha value is -3.35. The minimum atomic E-state index is -4.64. The van der Waals surface area contributed by atoms with E-state index in [4.69, 9.17) is 24.7 Å². The second-order valence-electron chi connectivity index (χ2n) is 11.4. The van der Waals surface area contributed by atoms with Crippen molar-refractivity contribution in [1.29, 1.82) is 0 Å². The van der Waals surface area contributed by atoms with E-state index >= 15 is 0 Å². The first-order valence-electron chi connectivity index (χ1n) is 16.3. The first kappa shape index (κ1) is 43.6. The number of hydrogen-bond donors (Lipinski definition) is 2. The number of halogens is 3. The van der Waals surface area contributed by atoms with E-state index in [1.807, 2.05) is 57.2 Å². The van der Waals surface area contributed by atoms with Crippen molar-refractivity contribution in [3.8, 4) is 11.5 Å². The van der Waals surface area contributed by atoms with E-state index in [0.29, 0.717) is 19.7 Å². The van der Waals surface area contributed by atoms with E-state index in [2.05, 4.69) is 54.9 Å². The zero-order valence-electron chi connectivity index (χ0n) is 29.3. The third-order valence-corrected chi connectivity index (χ3v) is 6.64. The number of aldehydes is 1. The summed E-state index contributed by atoms with van der Waals surface area (Å²) in [6.45, 7) is 23.1. The van der Waals surface area contributed by atoms with Crippen LogP contribution in [0.4, 0.5) is 18.0 Å². The van der Waals surface area contributed by atoms with Crippen LogP contribution >= 0.6 is 0 Å². The second kappa shape index (κ2) is 24.8. The highest BCUT2D eigenvalue weighted by Crippen LogP contribution is 2.14. The van der Waals surface area contributed by atoms with Gasteiger partial charge in [0.15, 0.2) is 0 Å². The Balaban J connectivity index is 0.000000797. The largest absolute Gasteiger partial charge is 0.492 e. The Morgan fingerprint density at radius 3 is 1.47 bits per heavy atom. The number of nitrogens with zero attached hydrogens (tertiary/aromatic N) is 2. The summed E-state index contributed by atoms with van der Waals surface area (Å²) in [7, 11) is 0. The minimum Gasteiger partial charge on any atom is -0.492 e. The average Bonchev–Trinajstić information content (AvgIpc) is 3.02. The summed E-state index contributed by atoms with van der Waals surface area (Å²) in [6.07, 6.45) is -4.38. The van der Waals surface area contributed by atoms with Crippen LogP contribution in [-0.2, 0) is 22.4 Å². The van der Waals surface area contributed by atoms with Crippen LogP contribution in [-0.4, -0.2) is 99.5 Å². The van der Waals surface area contributed by atoms with Gasteiger partial charge < -0.3 is 35.1 Å². The number of ether oxygens (including phenoxy) is 3. The fourth-order valence-corrected chi connectivity index (χ4v) is 3.96. The molecule has 12 heteroatoms. The Morgan fingerprint density at radius 2 is 1.15 bits per heavy atom. The molecule has 0 fully saturated rings. The van der Waals surface area contributed by atoms with Gasteiger partial charge in [-0.25, -0.2) is 4.79 Å². The SMILES string of the molecule is CCN(CC)CCOc1ccc(CCN)cc1.CCN(CC)CCOc1ccc(CCNC(=O)OC(C)(C)C)cc1.O=CC(F)(F)F. The molecule has 0 aliphatic carbocycles. The predicted molar refractivity (Wildman–Crippen MR) is 182 cm³/mol. The van der Waals surface area contributed by atoms with E-state index in [-0.39, 0.29) is 6.09 Å². The van der Waals surface area contributed by atoms with E-state index < -0.39 is 18.1 Å². The maximum absolute atomic E-state index is 11.6. The summed E-state index contributed by atoms with van der Waals surface area (Å²) >= 11 is 0. The molecule has 2 aromatic rings. The smallest absolute Gasteiger partial charge is 0.446 e. The highest BCUT2D eigenvalue weighted by molar-refractivity contribution is 5.67. The fourth-order valence-electron chi connectivity index (χ4n) is 3.96. The summed E-state index contributed by atoms with van der Waals surface area (Å²) in [5, 5.41) is 2.76. The predicted octanol–water partition coefficient (Wildman–Crippen LogP) is 6.13. The van der Waals surface area contributed by atoms with Crippen LogP contribution < -0.4 is 20.5 Å². The molecule has 2 aromatic carbocycles. The number of carbonyl (C=O) groups is 2. The van der Waals surface area contributed by atoms with Gasteiger partial charge in [0.1, 0.15) is 30.3 Å². The number of amides is 1. The number of nitrogens with one attached hydrogen (secondary N) is 1. The van der Waals surface area contributed by atoms with Gasteiger partial charge in [0.05, 0.1) is 0 Å². The van der Waals surface area contributed by atoms with Gasteiger partial charge in [-0.1, -0.05) is 52.0 Å². The van der Waals surface area contributed by atoms with E-state index in [1.54, 1.807) is 0 Å². The fraction of sp³-hybridized carbons (Fsp3) is 0.600. The van der Waals surface area contributed by atoms with Gasteiger partial charge in [0.25, 0.3) is 0 Å². The molecular formula is C35H57F3N4O5. The zero-order valence-corrected chi connectivity index (χ0v) is 29.3. The molecule has 0 heterocycles. The molecule has 0 saturated carbocycles. The summed E-state index contributed by atoms with van der Waals surface area (Å²) in [5.74, 6) is 1.82. The summed E-state index contributed by atoms with van der Waals surface area (Å²) < 4.78 is 47.9. The molecule has 2 rings (SSSR count). The monoisotopic (exact) mass is 670 g/mol. The second-order valence-corrected chi connectivity index (χ2v) is 11.4. The van der Waals surface area contributed by atoms with Gasteiger partial charge in [-0.3, -0.25) is 4.79 Å². The standard InChI is InChI=1S/C19H32N2O3.C14H24N2O.C2HF3O/c1-6-21(7-2)14-15-23-17-10-8-16(9-11-17)12-13-20-18(22)24-19(3,4)5;1-3-16(4-2)11-12-17-14-7-5-13(6-8-14)9-10-15;3-2(4,5)1-6/h8-11H,6-7,12-15H2,1-5H3,(H,20,22);5-8H,3-4,9-12,15H2,1-2H3;1H. The van der Waals surface area contributed by atoms with Crippen molar-refractivity contribution in [2.75, 3.05) is 65.6 Å². The quantitative estimate of drug-likeness (QED) is 0.194.